The van der Waals surface area contributed by atoms with E-state index in [-0.39, 0.29) is 34.3 Å². The number of pyridine rings is 1. The molecular formula is C38H46ClN3O4S. The Labute approximate surface area is 284 Å². The van der Waals surface area contributed by atoms with Gasteiger partial charge in [0.05, 0.1) is 27.6 Å². The van der Waals surface area contributed by atoms with Crippen LogP contribution in [0.15, 0.2) is 60.9 Å². The fourth-order valence-electron chi connectivity index (χ4n) is 8.73. The van der Waals surface area contributed by atoms with E-state index in [1.807, 2.05) is 43.5 Å². The van der Waals surface area contributed by atoms with E-state index >= 15 is 0 Å². The Morgan fingerprint density at radius 3 is 2.72 bits per heavy atom. The van der Waals surface area contributed by atoms with Crippen molar-refractivity contribution in [3.8, 4) is 5.75 Å². The number of halogens is 1. The van der Waals surface area contributed by atoms with Gasteiger partial charge in [-0.3, -0.25) is 14.5 Å². The van der Waals surface area contributed by atoms with Crippen LogP contribution < -0.4 is 14.4 Å². The number of carbonyl (C=O) groups is 1. The molecule has 2 aliphatic carbocycles. The predicted octanol–water partition coefficient (Wildman–Crippen LogP) is 6.69. The van der Waals surface area contributed by atoms with Crippen molar-refractivity contribution >= 4 is 38.8 Å². The highest BCUT2D eigenvalue weighted by molar-refractivity contribution is 7.99. The number of nitrogens with zero attached hydrogens (tertiary/aromatic N) is 2. The van der Waals surface area contributed by atoms with Crippen molar-refractivity contribution in [2.24, 2.45) is 17.8 Å². The monoisotopic (exact) mass is 675 g/mol. The summed E-state index contributed by atoms with van der Waals surface area (Å²) in [6, 6.07) is 15.7. The summed E-state index contributed by atoms with van der Waals surface area (Å²) in [4.78, 5) is 20.5. The Hall–Kier alpha value is -3.07. The van der Waals surface area contributed by atoms with Gasteiger partial charge in [-0.2, -0.15) is 0 Å². The van der Waals surface area contributed by atoms with Crippen LogP contribution in [0.2, 0.25) is 5.02 Å². The van der Waals surface area contributed by atoms with Gasteiger partial charge in [-0.25, -0.2) is 4.21 Å². The number of aryl methyl sites for hydroxylation is 1. The zero-order chi connectivity index (χ0) is 33.0. The predicted molar refractivity (Wildman–Crippen MR) is 190 cm³/mol. The lowest BCUT2D eigenvalue weighted by Crippen LogP contribution is -2.52. The van der Waals surface area contributed by atoms with Crippen LogP contribution in [-0.2, 0) is 27.1 Å². The van der Waals surface area contributed by atoms with Crippen LogP contribution in [0.4, 0.5) is 5.69 Å². The lowest BCUT2D eigenvalue weighted by molar-refractivity contribution is -0.0952. The Kier molecular flexibility index (Phi) is 8.59. The number of benzene rings is 2. The van der Waals surface area contributed by atoms with Crippen LogP contribution in [0.1, 0.15) is 85.8 Å². The Morgan fingerprint density at radius 2 is 1.96 bits per heavy atom. The fourth-order valence-corrected chi connectivity index (χ4v) is 10.4. The second kappa shape index (κ2) is 12.4. The van der Waals surface area contributed by atoms with Gasteiger partial charge in [0.25, 0.3) is 5.91 Å². The number of nitrogens with one attached hydrogen (secondary N) is 1. The summed E-state index contributed by atoms with van der Waals surface area (Å²) in [5.41, 5.74) is 3.42. The summed E-state index contributed by atoms with van der Waals surface area (Å²) in [6.07, 6.45) is 10.6. The molecule has 2 bridgehead atoms. The van der Waals surface area contributed by atoms with E-state index in [2.05, 4.69) is 39.5 Å². The molecule has 1 amide bonds. The van der Waals surface area contributed by atoms with Gasteiger partial charge in [-0.15, -0.1) is 0 Å². The average Bonchev–Trinajstić information content (AvgIpc) is 3.19. The molecule has 2 aromatic carbocycles. The molecule has 0 radical (unpaired) electrons. The molecule has 4 aliphatic rings. The first-order valence-electron chi connectivity index (χ1n) is 17.1. The van der Waals surface area contributed by atoms with E-state index in [0.717, 1.165) is 80.1 Å². The molecule has 7 atom stereocenters. The molecule has 2 aliphatic heterocycles. The van der Waals surface area contributed by atoms with Gasteiger partial charge in [-0.05, 0) is 129 Å². The van der Waals surface area contributed by atoms with E-state index in [1.54, 1.807) is 12.3 Å². The number of hydrogen-bond donors (Lipinski definition) is 2. The SMILES string of the molecule is C=S1(=O)NC(=O)c2ccc3c(c2)N(C[C@@H]2CC[C@H]2[C@](O)(c2cccnc2)CCC[C@H](C)[C@H]1C)C[C@@]1(CCCc2cc(Cl)ccc21)CO3. The molecule has 1 fully saturated rings. The largest absolute Gasteiger partial charge is 0.490 e. The van der Waals surface area contributed by atoms with E-state index in [9.17, 15) is 14.1 Å². The first-order chi connectivity index (χ1) is 22.5. The zero-order valence-corrected chi connectivity index (χ0v) is 29.0. The molecule has 7 nitrogen and oxygen atoms in total. The van der Waals surface area contributed by atoms with Crippen LogP contribution in [0.5, 0.6) is 5.75 Å². The highest BCUT2D eigenvalue weighted by Gasteiger charge is 2.49. The van der Waals surface area contributed by atoms with Gasteiger partial charge < -0.3 is 14.7 Å². The standard InChI is InChI=1S/C38H46ClN3O4S/c1-25-7-4-17-38(44,30-9-6-18-40-21-30)33-13-10-29(33)22-42-23-37(16-5-8-27-19-31(39)12-14-32(27)37)24-46-35-15-11-28(20-34(35)42)36(43)41-47(3,45)26(25)2/h6,9,11-12,14-15,18-21,25-26,29,33,44H,3-5,7-8,10,13,16-17,22-24H2,1-2H3,(H,41,43,45)/t25-,26+,29-,33+,37-,38+,47?/m0/s1. The van der Waals surface area contributed by atoms with E-state index < -0.39 is 15.3 Å². The van der Waals surface area contributed by atoms with Crippen LogP contribution in [-0.4, -0.2) is 51.0 Å². The first kappa shape index (κ1) is 32.5. The highest BCUT2D eigenvalue weighted by atomic mass is 35.5. The minimum absolute atomic E-state index is 0.0314. The lowest BCUT2D eigenvalue weighted by Gasteiger charge is -2.50. The smallest absolute Gasteiger partial charge is 0.262 e. The second-order valence-corrected chi connectivity index (χ2v) is 17.5. The number of amides is 1. The van der Waals surface area contributed by atoms with Crippen LogP contribution in [0.3, 0.4) is 0 Å². The molecule has 0 saturated heterocycles. The van der Waals surface area contributed by atoms with Gasteiger partial charge in [0.15, 0.2) is 0 Å². The number of fused-ring (bicyclic) bond motifs is 4. The van der Waals surface area contributed by atoms with Crippen molar-refractivity contribution in [2.75, 3.05) is 24.6 Å². The van der Waals surface area contributed by atoms with Crippen LogP contribution in [0.25, 0.3) is 0 Å². The van der Waals surface area contributed by atoms with E-state index in [1.165, 1.54) is 11.1 Å². The quantitative estimate of drug-likeness (QED) is 0.279. The number of aromatic nitrogens is 1. The third kappa shape index (κ3) is 5.95. The summed E-state index contributed by atoms with van der Waals surface area (Å²) >= 11 is 6.46. The maximum Gasteiger partial charge on any atom is 0.262 e. The van der Waals surface area contributed by atoms with Crippen molar-refractivity contribution in [3.63, 3.8) is 0 Å². The highest BCUT2D eigenvalue weighted by Crippen LogP contribution is 2.51. The van der Waals surface area contributed by atoms with Crippen LogP contribution >= 0.6 is 11.6 Å². The molecular weight excluding hydrogens is 630 g/mol. The summed E-state index contributed by atoms with van der Waals surface area (Å²) in [7, 11) is -2.95. The summed E-state index contributed by atoms with van der Waals surface area (Å²) in [5, 5.41) is 13.0. The Morgan fingerprint density at radius 1 is 1.11 bits per heavy atom. The molecule has 2 N–H and O–H groups in total. The summed E-state index contributed by atoms with van der Waals surface area (Å²) in [5.74, 6) is 4.68. The first-order valence-corrected chi connectivity index (χ1v) is 19.3. The number of rotatable bonds is 1. The van der Waals surface area contributed by atoms with Crippen molar-refractivity contribution in [1.29, 1.82) is 0 Å². The van der Waals surface area contributed by atoms with E-state index in [0.29, 0.717) is 18.6 Å². The fraction of sp³-hybridized carbons (Fsp3) is 0.500. The molecule has 3 heterocycles. The number of carbonyl (C=O) groups excluding carboxylic acids is 1. The Balaban J connectivity index is 1.33. The van der Waals surface area contributed by atoms with Gasteiger partial charge in [0, 0.05) is 52.3 Å². The van der Waals surface area contributed by atoms with Crippen molar-refractivity contribution in [2.45, 2.75) is 81.5 Å². The topological polar surface area (TPSA) is 91.8 Å². The van der Waals surface area contributed by atoms with Crippen molar-refractivity contribution < 1.29 is 18.8 Å². The normalized spacial score (nSPS) is 34.2. The number of ether oxygens (including phenoxy) is 1. The number of aliphatic hydroxyl groups is 1. The van der Waals surface area contributed by atoms with Gasteiger partial charge >= 0.3 is 0 Å². The van der Waals surface area contributed by atoms with Gasteiger partial charge in [0.1, 0.15) is 5.75 Å². The number of anilines is 1. The molecule has 47 heavy (non-hydrogen) atoms. The lowest BCUT2D eigenvalue weighted by atomic mass is 9.61. The average molecular weight is 676 g/mol. The van der Waals surface area contributed by atoms with Crippen molar-refractivity contribution in [3.05, 3.63) is 88.2 Å². The molecule has 1 unspecified atom stereocenters. The van der Waals surface area contributed by atoms with E-state index in [4.69, 9.17) is 16.3 Å². The second-order valence-electron chi connectivity index (χ2n) is 14.6. The van der Waals surface area contributed by atoms with Gasteiger partial charge in [0.2, 0.25) is 0 Å². The maximum absolute atomic E-state index is 13.9. The minimum Gasteiger partial charge on any atom is -0.490 e. The minimum atomic E-state index is -2.95. The summed E-state index contributed by atoms with van der Waals surface area (Å²) in [6.45, 7) is 5.92. The third-order valence-corrected chi connectivity index (χ3v) is 14.3. The zero-order valence-electron chi connectivity index (χ0n) is 27.4. The molecule has 250 valence electrons. The summed E-state index contributed by atoms with van der Waals surface area (Å²) < 4.78 is 23.3. The molecule has 3 aromatic rings. The Bertz CT molecular complexity index is 1770. The molecule has 1 aromatic heterocycles. The third-order valence-electron chi connectivity index (χ3n) is 11.8. The maximum atomic E-state index is 13.9. The van der Waals surface area contributed by atoms with Crippen molar-refractivity contribution in [1.82, 2.24) is 9.71 Å². The molecule has 1 spiro atoms. The number of hydrogen-bond acceptors (Lipinski definition) is 6. The van der Waals surface area contributed by atoms with Gasteiger partial charge in [-0.1, -0.05) is 30.7 Å². The molecule has 1 saturated carbocycles. The molecule has 7 rings (SSSR count). The molecule has 9 heteroatoms. The van der Waals surface area contributed by atoms with Crippen LogP contribution in [0, 0.1) is 17.8 Å².